The molecule has 1 aromatic heterocycles. The molecule has 1 aliphatic rings. The lowest BCUT2D eigenvalue weighted by molar-refractivity contribution is -0.110. The molecule has 2 rings (SSSR count). The van der Waals surface area contributed by atoms with Crippen molar-refractivity contribution < 1.29 is 4.79 Å². The van der Waals surface area contributed by atoms with Crippen LogP contribution in [0.2, 0.25) is 0 Å². The summed E-state index contributed by atoms with van der Waals surface area (Å²) < 4.78 is 0. The van der Waals surface area contributed by atoms with Gasteiger partial charge in [0, 0.05) is 18.5 Å². The van der Waals surface area contributed by atoms with Gasteiger partial charge in [-0.2, -0.15) is 0 Å². The maximum atomic E-state index is 11.5. The van der Waals surface area contributed by atoms with Crippen LogP contribution < -0.4 is 5.32 Å². The molecule has 1 amide bonds. The zero-order valence-electron chi connectivity index (χ0n) is 7.43. The number of amides is 1. The third-order valence-electron chi connectivity index (χ3n) is 1.69. The van der Waals surface area contributed by atoms with Gasteiger partial charge in [-0.15, -0.1) is 0 Å². The molecule has 72 valence electrons. The van der Waals surface area contributed by atoms with Gasteiger partial charge in [-0.3, -0.25) is 9.79 Å². The molecule has 5 heteroatoms. The van der Waals surface area contributed by atoms with E-state index in [2.05, 4.69) is 15.3 Å². The number of hydrogen-bond acceptors (Lipinski definition) is 4. The summed E-state index contributed by atoms with van der Waals surface area (Å²) in [5.41, 5.74) is 0. The van der Waals surface area contributed by atoms with E-state index in [-0.39, 0.29) is 5.91 Å². The van der Waals surface area contributed by atoms with Gasteiger partial charge in [0.05, 0.1) is 0 Å². The van der Waals surface area contributed by atoms with Crippen molar-refractivity contribution in [3.8, 4) is 0 Å². The molecule has 0 fully saturated rings. The lowest BCUT2D eigenvalue weighted by Gasteiger charge is -2.01. The smallest absolute Gasteiger partial charge is 0.281 e. The Kier molecular flexibility index (Phi) is 2.78. The fraction of sp³-hybridized carbons (Fsp3) is 0.222. The summed E-state index contributed by atoms with van der Waals surface area (Å²) in [4.78, 5) is 19.6. The number of aliphatic imine (C=N–C) groups is 1. The second-order valence-electron chi connectivity index (χ2n) is 2.70. The number of nitrogens with zero attached hydrogens (tertiary/aromatic N) is 2. The predicted molar refractivity (Wildman–Crippen MR) is 57.6 cm³/mol. The number of thioether (sulfide) groups is 1. The molecular formula is C9H9N3OS. The number of pyridine rings is 1. The molecule has 0 unspecified atom stereocenters. The average molecular weight is 207 g/mol. The number of rotatable bonds is 2. The first-order chi connectivity index (χ1) is 6.86. The maximum Gasteiger partial charge on any atom is 0.281 e. The third-order valence-corrected chi connectivity index (χ3v) is 2.66. The van der Waals surface area contributed by atoms with Crippen molar-refractivity contribution >= 4 is 28.5 Å². The molecule has 0 aromatic carbocycles. The van der Waals surface area contributed by atoms with E-state index in [0.29, 0.717) is 10.9 Å². The Hall–Kier alpha value is -1.36. The molecular weight excluding hydrogens is 198 g/mol. The average Bonchev–Trinajstić information content (AvgIpc) is 2.72. The summed E-state index contributed by atoms with van der Waals surface area (Å²) in [6.45, 7) is 0.732. The van der Waals surface area contributed by atoms with Gasteiger partial charge < -0.3 is 5.32 Å². The van der Waals surface area contributed by atoms with Gasteiger partial charge in [0.15, 0.2) is 5.04 Å². The molecule has 1 N–H and O–H groups in total. The molecule has 1 aromatic rings. The lowest BCUT2D eigenvalue weighted by Crippen LogP contribution is -2.19. The molecule has 0 radical (unpaired) electrons. The Morgan fingerprint density at radius 2 is 2.43 bits per heavy atom. The first kappa shape index (κ1) is 9.21. The van der Waals surface area contributed by atoms with Gasteiger partial charge in [0.1, 0.15) is 5.82 Å². The van der Waals surface area contributed by atoms with Crippen LogP contribution in [0.1, 0.15) is 0 Å². The molecule has 0 saturated heterocycles. The van der Waals surface area contributed by atoms with Crippen molar-refractivity contribution in [1.29, 1.82) is 0 Å². The van der Waals surface area contributed by atoms with Gasteiger partial charge in [-0.1, -0.05) is 17.8 Å². The SMILES string of the molecule is O=C(Nc1ccccn1)C1=NCCS1. The Morgan fingerprint density at radius 1 is 1.50 bits per heavy atom. The molecule has 4 nitrogen and oxygen atoms in total. The monoisotopic (exact) mass is 207 g/mol. The van der Waals surface area contributed by atoms with Gasteiger partial charge in [-0.25, -0.2) is 4.98 Å². The van der Waals surface area contributed by atoms with E-state index in [9.17, 15) is 4.79 Å². The first-order valence-corrected chi connectivity index (χ1v) is 5.24. The van der Waals surface area contributed by atoms with Crippen molar-refractivity contribution in [1.82, 2.24) is 4.98 Å². The Bertz CT molecular complexity index is 364. The minimum atomic E-state index is -0.161. The summed E-state index contributed by atoms with van der Waals surface area (Å²) >= 11 is 1.48. The van der Waals surface area contributed by atoms with Gasteiger partial charge in [-0.05, 0) is 12.1 Å². The van der Waals surface area contributed by atoms with Crippen LogP contribution in [0.4, 0.5) is 5.82 Å². The van der Waals surface area contributed by atoms with Gasteiger partial charge in [0.2, 0.25) is 0 Å². The van der Waals surface area contributed by atoms with E-state index < -0.39 is 0 Å². The van der Waals surface area contributed by atoms with Crippen LogP contribution >= 0.6 is 11.8 Å². The fourth-order valence-electron chi connectivity index (χ4n) is 1.08. The van der Waals surface area contributed by atoms with Gasteiger partial charge in [0.25, 0.3) is 5.91 Å². The van der Waals surface area contributed by atoms with E-state index in [1.54, 1.807) is 18.3 Å². The zero-order valence-corrected chi connectivity index (χ0v) is 8.25. The molecule has 0 aliphatic carbocycles. The topological polar surface area (TPSA) is 54.4 Å². The number of carbonyl (C=O) groups is 1. The van der Waals surface area contributed by atoms with E-state index >= 15 is 0 Å². The molecule has 0 atom stereocenters. The van der Waals surface area contributed by atoms with Crippen LogP contribution in [-0.2, 0) is 4.79 Å². The van der Waals surface area contributed by atoms with Crippen LogP contribution in [0.5, 0.6) is 0 Å². The van der Waals surface area contributed by atoms with E-state index in [0.717, 1.165) is 12.3 Å². The highest BCUT2D eigenvalue weighted by molar-refractivity contribution is 8.16. The zero-order chi connectivity index (χ0) is 9.80. The summed E-state index contributed by atoms with van der Waals surface area (Å²) in [6.07, 6.45) is 1.64. The van der Waals surface area contributed by atoms with E-state index in [1.165, 1.54) is 11.8 Å². The van der Waals surface area contributed by atoms with Crippen molar-refractivity contribution in [2.75, 3.05) is 17.6 Å². The first-order valence-electron chi connectivity index (χ1n) is 4.26. The van der Waals surface area contributed by atoms with Crippen LogP contribution in [-0.4, -0.2) is 28.2 Å². The highest BCUT2D eigenvalue weighted by Crippen LogP contribution is 2.13. The highest BCUT2D eigenvalue weighted by Gasteiger charge is 2.15. The van der Waals surface area contributed by atoms with Crippen LogP contribution in [0, 0.1) is 0 Å². The number of carbonyl (C=O) groups excluding carboxylic acids is 1. The number of aromatic nitrogens is 1. The molecule has 0 bridgehead atoms. The minimum Gasteiger partial charge on any atom is -0.305 e. The van der Waals surface area contributed by atoms with Crippen LogP contribution in [0.25, 0.3) is 0 Å². The molecule has 1 aliphatic heterocycles. The second kappa shape index (κ2) is 4.23. The van der Waals surface area contributed by atoms with E-state index in [4.69, 9.17) is 0 Å². The normalized spacial score (nSPS) is 15.0. The summed E-state index contributed by atoms with van der Waals surface area (Å²) in [5, 5.41) is 3.23. The molecule has 14 heavy (non-hydrogen) atoms. The molecule has 2 heterocycles. The lowest BCUT2D eigenvalue weighted by atomic mass is 10.4. The quantitative estimate of drug-likeness (QED) is 0.791. The number of hydrogen-bond donors (Lipinski definition) is 1. The van der Waals surface area contributed by atoms with Crippen molar-refractivity contribution in [3.05, 3.63) is 24.4 Å². The van der Waals surface area contributed by atoms with Gasteiger partial charge >= 0.3 is 0 Å². The van der Waals surface area contributed by atoms with E-state index in [1.807, 2.05) is 6.07 Å². The molecule has 0 saturated carbocycles. The number of nitrogens with one attached hydrogen (secondary N) is 1. The summed E-state index contributed by atoms with van der Waals surface area (Å²) in [5.74, 6) is 1.30. The third kappa shape index (κ3) is 2.11. The predicted octanol–water partition coefficient (Wildman–Crippen LogP) is 1.17. The van der Waals surface area contributed by atoms with Crippen molar-refractivity contribution in [2.24, 2.45) is 4.99 Å². The maximum absolute atomic E-state index is 11.5. The second-order valence-corrected chi connectivity index (χ2v) is 3.79. The fourth-order valence-corrected chi connectivity index (χ4v) is 1.82. The van der Waals surface area contributed by atoms with Crippen LogP contribution in [0.15, 0.2) is 29.4 Å². The number of anilines is 1. The van der Waals surface area contributed by atoms with Crippen LogP contribution in [0.3, 0.4) is 0 Å². The standard InChI is InChI=1S/C9H9N3OS/c13-8(9-11-5-6-14-9)12-7-3-1-2-4-10-7/h1-4H,5-6H2,(H,10,12,13). The summed E-state index contributed by atoms with van der Waals surface area (Å²) in [7, 11) is 0. The Morgan fingerprint density at radius 3 is 3.07 bits per heavy atom. The molecule has 0 spiro atoms. The van der Waals surface area contributed by atoms with Crippen molar-refractivity contribution in [3.63, 3.8) is 0 Å². The minimum absolute atomic E-state index is 0.161. The summed E-state index contributed by atoms with van der Waals surface area (Å²) in [6, 6.07) is 5.38. The Balaban J connectivity index is 2.01. The van der Waals surface area contributed by atoms with Crippen molar-refractivity contribution in [2.45, 2.75) is 0 Å². The largest absolute Gasteiger partial charge is 0.305 e. The highest BCUT2D eigenvalue weighted by atomic mass is 32.2. The Labute approximate surface area is 85.8 Å².